The van der Waals surface area contributed by atoms with Crippen molar-refractivity contribution >= 4 is 6.47 Å². The van der Waals surface area contributed by atoms with Crippen LogP contribution < -0.4 is 0 Å². The summed E-state index contributed by atoms with van der Waals surface area (Å²) in [7, 11) is 1.20. The van der Waals surface area contributed by atoms with Gasteiger partial charge in [0.05, 0.1) is 6.61 Å². The number of rotatable bonds is 2. The predicted molar refractivity (Wildman–Crippen MR) is 74.4 cm³/mol. The minimum Gasteiger partial charge on any atom is -0.483 e. The third kappa shape index (κ3) is 3.61. The Balaban J connectivity index is 0.000000891. The first-order valence-corrected chi connectivity index (χ1v) is 7.09. The lowest BCUT2D eigenvalue weighted by Gasteiger charge is -2.35. The molecule has 4 unspecified atom stereocenters. The van der Waals surface area contributed by atoms with Crippen LogP contribution in [0.3, 0.4) is 0 Å². The number of allylic oxidation sites excluding steroid dienone is 2. The highest BCUT2D eigenvalue weighted by atomic mass is 19.4. The fraction of sp³-hybridized carbons (Fsp3) is 0.667. The second-order valence-electron chi connectivity index (χ2n) is 5.76. The number of methoxy groups -OCH3 is 1. The highest BCUT2D eigenvalue weighted by Gasteiger charge is 2.62. The summed E-state index contributed by atoms with van der Waals surface area (Å²) in [6.45, 7) is 1.97. The van der Waals surface area contributed by atoms with Gasteiger partial charge in [-0.05, 0) is 24.8 Å². The van der Waals surface area contributed by atoms with E-state index in [1.165, 1.54) is 20.1 Å². The largest absolute Gasteiger partial charge is 0.483 e. The average molecular weight is 358 g/mol. The van der Waals surface area contributed by atoms with E-state index in [1.54, 1.807) is 0 Å². The van der Waals surface area contributed by atoms with E-state index >= 15 is 0 Å². The van der Waals surface area contributed by atoms with Gasteiger partial charge in [-0.25, -0.2) is 8.78 Å². The first-order chi connectivity index (χ1) is 11.0. The van der Waals surface area contributed by atoms with E-state index in [9.17, 15) is 22.0 Å². The minimum absolute atomic E-state index is 0.180. The van der Waals surface area contributed by atoms with E-state index in [0.29, 0.717) is 0 Å². The van der Waals surface area contributed by atoms with E-state index in [-0.39, 0.29) is 13.1 Å². The van der Waals surface area contributed by atoms with Crippen LogP contribution in [0.1, 0.15) is 13.8 Å². The number of halogens is 5. The van der Waals surface area contributed by atoms with Gasteiger partial charge >= 0.3 is 6.18 Å². The molecule has 1 aliphatic carbocycles. The van der Waals surface area contributed by atoms with E-state index < -0.39 is 47.3 Å². The molecule has 1 N–H and O–H groups in total. The standard InChI is InChI=1S/C14H17F5O2.CH2O2/c1-7-9(6-21-13(7,2)14(17,18)19)8-4-5-10(15)11(16)12(8)20-3;2-1-3/h4-5,7-9,12H,6H2,1-3H3;1H,(H,2,3)/t7?,8?,9?,12?,13-;/m1./s1. The van der Waals surface area contributed by atoms with Crippen molar-refractivity contribution in [1.82, 2.24) is 0 Å². The number of hydrogen-bond acceptors (Lipinski definition) is 3. The summed E-state index contributed by atoms with van der Waals surface area (Å²) < 4.78 is 76.3. The second kappa shape index (κ2) is 7.60. The molecule has 0 aromatic carbocycles. The van der Waals surface area contributed by atoms with Crippen LogP contribution in [0.25, 0.3) is 0 Å². The first kappa shape index (κ1) is 20.6. The van der Waals surface area contributed by atoms with E-state index in [0.717, 1.165) is 13.0 Å². The summed E-state index contributed by atoms with van der Waals surface area (Å²) in [6, 6.07) is 0. The van der Waals surface area contributed by atoms with Crippen LogP contribution in [0, 0.1) is 17.8 Å². The quantitative estimate of drug-likeness (QED) is 0.605. The Hall–Kier alpha value is -1.48. The molecule has 1 fully saturated rings. The summed E-state index contributed by atoms with van der Waals surface area (Å²) in [6.07, 6.45) is -3.45. The van der Waals surface area contributed by atoms with Gasteiger partial charge < -0.3 is 14.6 Å². The van der Waals surface area contributed by atoms with Crippen molar-refractivity contribution in [2.45, 2.75) is 31.7 Å². The number of hydrogen-bond donors (Lipinski definition) is 1. The Kier molecular flexibility index (Phi) is 6.52. The molecule has 5 atom stereocenters. The van der Waals surface area contributed by atoms with Gasteiger partial charge in [-0.3, -0.25) is 4.79 Å². The Morgan fingerprint density at radius 3 is 2.38 bits per heavy atom. The van der Waals surface area contributed by atoms with Gasteiger partial charge in [-0.2, -0.15) is 13.2 Å². The molecule has 0 saturated carbocycles. The lowest BCUT2D eigenvalue weighted by molar-refractivity contribution is -0.266. The van der Waals surface area contributed by atoms with Gasteiger partial charge in [0.25, 0.3) is 6.47 Å². The van der Waals surface area contributed by atoms with Gasteiger partial charge in [-0.15, -0.1) is 0 Å². The summed E-state index contributed by atoms with van der Waals surface area (Å²) in [5.41, 5.74) is -2.29. The maximum atomic E-state index is 13.8. The molecule has 24 heavy (non-hydrogen) atoms. The minimum atomic E-state index is -4.53. The lowest BCUT2D eigenvalue weighted by Crippen LogP contribution is -2.48. The normalized spacial score (nSPS) is 36.3. The smallest absolute Gasteiger partial charge is 0.417 e. The fourth-order valence-electron chi connectivity index (χ4n) is 3.05. The van der Waals surface area contributed by atoms with Crippen molar-refractivity contribution in [2.24, 2.45) is 17.8 Å². The van der Waals surface area contributed by atoms with Crippen molar-refractivity contribution in [2.75, 3.05) is 13.7 Å². The predicted octanol–water partition coefficient (Wildman–Crippen LogP) is 3.64. The fourth-order valence-corrected chi connectivity index (χ4v) is 3.05. The van der Waals surface area contributed by atoms with Gasteiger partial charge in [-0.1, -0.05) is 13.0 Å². The molecule has 2 rings (SSSR count). The van der Waals surface area contributed by atoms with Crippen LogP contribution >= 0.6 is 0 Å². The lowest BCUT2D eigenvalue weighted by atomic mass is 9.73. The Morgan fingerprint density at radius 2 is 1.96 bits per heavy atom. The molecule has 0 aromatic rings. The zero-order chi connectivity index (χ0) is 18.7. The van der Waals surface area contributed by atoms with Crippen LogP contribution in [0.5, 0.6) is 0 Å². The van der Waals surface area contributed by atoms with E-state index in [1.807, 2.05) is 0 Å². The third-order valence-corrected chi connectivity index (χ3v) is 4.69. The monoisotopic (exact) mass is 358 g/mol. The molecule has 0 spiro atoms. The van der Waals surface area contributed by atoms with Crippen LogP contribution in [0.4, 0.5) is 22.0 Å². The highest BCUT2D eigenvalue weighted by molar-refractivity contribution is 5.32. The first-order valence-electron chi connectivity index (χ1n) is 7.09. The van der Waals surface area contributed by atoms with Gasteiger partial charge in [0.1, 0.15) is 6.10 Å². The topological polar surface area (TPSA) is 55.8 Å². The summed E-state index contributed by atoms with van der Waals surface area (Å²) in [5, 5.41) is 6.89. The van der Waals surface area contributed by atoms with E-state index in [2.05, 4.69) is 0 Å². The molecule has 0 aromatic heterocycles. The number of carbonyl (C=O) groups is 1. The summed E-state index contributed by atoms with van der Waals surface area (Å²) in [5.74, 6) is -4.36. The molecule has 9 heteroatoms. The van der Waals surface area contributed by atoms with Crippen molar-refractivity contribution < 1.29 is 41.3 Å². The molecular formula is C15H19F5O4. The number of carboxylic acid groups (broad SMARTS) is 1. The number of alkyl halides is 3. The molecule has 0 amide bonds. The van der Waals surface area contributed by atoms with Gasteiger partial charge in [0, 0.05) is 13.0 Å². The average Bonchev–Trinajstić information content (AvgIpc) is 2.80. The highest BCUT2D eigenvalue weighted by Crippen LogP contribution is 2.50. The van der Waals surface area contributed by atoms with Crippen molar-refractivity contribution in [3.8, 4) is 0 Å². The second-order valence-corrected chi connectivity index (χ2v) is 5.76. The Morgan fingerprint density at radius 1 is 1.42 bits per heavy atom. The van der Waals surface area contributed by atoms with Crippen LogP contribution in [-0.2, 0) is 14.3 Å². The maximum Gasteiger partial charge on any atom is 0.417 e. The molecule has 0 bridgehead atoms. The van der Waals surface area contributed by atoms with Crippen LogP contribution in [0.15, 0.2) is 23.8 Å². The maximum absolute atomic E-state index is 13.8. The van der Waals surface area contributed by atoms with Crippen LogP contribution in [0.2, 0.25) is 0 Å². The molecule has 0 radical (unpaired) electrons. The molecule has 2 aliphatic rings. The van der Waals surface area contributed by atoms with Gasteiger partial charge in [0.2, 0.25) is 0 Å². The summed E-state index contributed by atoms with van der Waals surface area (Å²) >= 11 is 0. The Bertz CT molecular complexity index is 516. The molecule has 1 aliphatic heterocycles. The van der Waals surface area contributed by atoms with Crippen molar-refractivity contribution in [3.63, 3.8) is 0 Å². The molecular weight excluding hydrogens is 339 g/mol. The van der Waals surface area contributed by atoms with Gasteiger partial charge in [0.15, 0.2) is 17.3 Å². The SMILES string of the molecule is COC1C(F)=C(F)C=CC1C1CO[C@@](C)(C(F)(F)F)C1C.O=CO. The van der Waals surface area contributed by atoms with E-state index in [4.69, 9.17) is 19.4 Å². The van der Waals surface area contributed by atoms with Crippen molar-refractivity contribution in [3.05, 3.63) is 23.8 Å². The Labute approximate surface area is 135 Å². The summed E-state index contributed by atoms with van der Waals surface area (Å²) in [4.78, 5) is 8.36. The van der Waals surface area contributed by atoms with Crippen molar-refractivity contribution in [1.29, 1.82) is 0 Å². The van der Waals surface area contributed by atoms with Crippen LogP contribution in [-0.4, -0.2) is 43.2 Å². The zero-order valence-corrected chi connectivity index (χ0v) is 13.3. The molecule has 138 valence electrons. The molecule has 1 saturated heterocycles. The number of ether oxygens (including phenoxy) is 2. The zero-order valence-electron chi connectivity index (χ0n) is 13.3. The molecule has 1 heterocycles. The third-order valence-electron chi connectivity index (χ3n) is 4.69. The molecule has 4 nitrogen and oxygen atoms in total.